The molecule has 0 aliphatic heterocycles. The van der Waals surface area contributed by atoms with Crippen LogP contribution in [0.5, 0.6) is 5.75 Å². The number of carbonyl (C=O) groups excluding carboxylic acids is 1. The molecule has 0 atom stereocenters. The Morgan fingerprint density at radius 3 is 2.41 bits per heavy atom. The summed E-state index contributed by atoms with van der Waals surface area (Å²) >= 11 is 1.49. The lowest BCUT2D eigenvalue weighted by Gasteiger charge is -2.24. The largest absolute Gasteiger partial charge is 0.497 e. The highest BCUT2D eigenvalue weighted by atomic mass is 32.2. The van der Waals surface area contributed by atoms with Crippen LogP contribution < -0.4 is 9.04 Å². The van der Waals surface area contributed by atoms with Gasteiger partial charge in [0.25, 0.3) is 10.0 Å². The predicted octanol–water partition coefficient (Wildman–Crippen LogP) is 4.35. The van der Waals surface area contributed by atoms with Gasteiger partial charge in [-0.1, -0.05) is 18.2 Å². The quantitative estimate of drug-likeness (QED) is 0.552. The maximum Gasteiger partial charge on any atom is 0.264 e. The van der Waals surface area contributed by atoms with Gasteiger partial charge in [-0.15, -0.1) is 11.3 Å². The zero-order valence-corrected chi connectivity index (χ0v) is 16.6. The first-order valence-electron chi connectivity index (χ1n) is 8.22. The second-order valence-corrected chi connectivity index (χ2v) is 8.77. The molecule has 0 aliphatic carbocycles. The molecule has 1 heterocycles. The van der Waals surface area contributed by atoms with Crippen molar-refractivity contribution in [3.8, 4) is 5.75 Å². The Morgan fingerprint density at radius 1 is 1.07 bits per heavy atom. The lowest BCUT2D eigenvalue weighted by Crippen LogP contribution is -2.30. The first-order chi connectivity index (χ1) is 12.9. The van der Waals surface area contributed by atoms with Crippen LogP contribution in [0.2, 0.25) is 0 Å². The molecule has 0 amide bonds. The van der Waals surface area contributed by atoms with E-state index >= 15 is 0 Å². The minimum Gasteiger partial charge on any atom is -0.497 e. The average Bonchev–Trinajstić information content (AvgIpc) is 3.19. The number of hydrogen-bond acceptors (Lipinski definition) is 5. The minimum absolute atomic E-state index is 0.0857. The van der Waals surface area contributed by atoms with E-state index in [9.17, 15) is 13.2 Å². The lowest BCUT2D eigenvalue weighted by atomic mass is 10.2. The molecule has 0 saturated heterocycles. The van der Waals surface area contributed by atoms with Gasteiger partial charge in [0.2, 0.25) is 0 Å². The summed E-state index contributed by atoms with van der Waals surface area (Å²) in [6.45, 7) is 1.62. The van der Waals surface area contributed by atoms with Gasteiger partial charge >= 0.3 is 0 Å². The van der Waals surface area contributed by atoms with Crippen LogP contribution in [0.3, 0.4) is 0 Å². The third-order valence-electron chi connectivity index (χ3n) is 4.07. The van der Waals surface area contributed by atoms with Crippen LogP contribution in [0.4, 0.5) is 5.69 Å². The molecule has 3 rings (SSSR count). The number of rotatable bonds is 7. The number of nitrogens with zero attached hydrogens (tertiary/aromatic N) is 1. The number of sulfonamides is 1. The molecule has 0 spiro atoms. The fourth-order valence-corrected chi connectivity index (χ4v) is 4.87. The fourth-order valence-electron chi connectivity index (χ4n) is 2.61. The molecule has 0 fully saturated rings. The first kappa shape index (κ1) is 19.1. The Kier molecular flexibility index (Phi) is 5.62. The summed E-state index contributed by atoms with van der Waals surface area (Å²) in [6, 6.07) is 16.8. The third-order valence-corrected chi connectivity index (χ3v) is 6.70. The van der Waals surface area contributed by atoms with Crippen LogP contribution in [-0.2, 0) is 16.6 Å². The molecule has 0 saturated carbocycles. The maximum absolute atomic E-state index is 13.4. The van der Waals surface area contributed by atoms with Gasteiger partial charge < -0.3 is 4.74 Å². The number of carbonyl (C=O) groups is 1. The summed E-state index contributed by atoms with van der Waals surface area (Å²) in [4.78, 5) is 12.7. The van der Waals surface area contributed by atoms with E-state index in [4.69, 9.17) is 4.74 Å². The first-order valence-corrected chi connectivity index (χ1v) is 10.5. The van der Waals surface area contributed by atoms with Crippen LogP contribution in [0.15, 0.2) is 70.9 Å². The summed E-state index contributed by atoms with van der Waals surface area (Å²) in [5.74, 6) is 0.465. The summed E-state index contributed by atoms with van der Waals surface area (Å²) < 4.78 is 33.3. The SMILES string of the molecule is COc1ccc(N(Cc2cccs2)S(=O)(=O)c2cccc(C(C)=O)c2)cc1. The molecule has 1 aromatic heterocycles. The molecule has 140 valence electrons. The summed E-state index contributed by atoms with van der Waals surface area (Å²) in [5.41, 5.74) is 0.888. The van der Waals surface area contributed by atoms with Gasteiger partial charge in [-0.3, -0.25) is 9.10 Å². The fraction of sp³-hybridized carbons (Fsp3) is 0.150. The van der Waals surface area contributed by atoms with Crippen LogP contribution in [-0.4, -0.2) is 21.3 Å². The number of Topliss-reactive ketones (excluding diaryl/α,β-unsaturated/α-hetero) is 1. The number of thiophene rings is 1. The van der Waals surface area contributed by atoms with Crippen molar-refractivity contribution in [2.45, 2.75) is 18.4 Å². The number of methoxy groups -OCH3 is 1. The Bertz CT molecular complexity index is 1030. The van der Waals surface area contributed by atoms with E-state index in [1.54, 1.807) is 43.5 Å². The van der Waals surface area contributed by atoms with E-state index in [0.717, 1.165) is 4.88 Å². The number of benzene rings is 2. The standard InChI is InChI=1S/C20H19NO4S2/c1-15(22)16-5-3-7-20(13-16)27(23,24)21(14-19-6-4-12-26-19)17-8-10-18(25-2)11-9-17/h3-13H,14H2,1-2H3. The van der Waals surface area contributed by atoms with Crippen molar-refractivity contribution in [1.29, 1.82) is 0 Å². The van der Waals surface area contributed by atoms with Crippen molar-refractivity contribution in [1.82, 2.24) is 0 Å². The summed E-state index contributed by atoms with van der Waals surface area (Å²) in [6.07, 6.45) is 0. The zero-order chi connectivity index (χ0) is 19.4. The van der Waals surface area contributed by atoms with Gasteiger partial charge in [-0.05, 0) is 54.8 Å². The summed E-state index contributed by atoms with van der Waals surface area (Å²) in [7, 11) is -2.30. The molecule has 7 heteroatoms. The number of hydrogen-bond donors (Lipinski definition) is 0. The highest BCUT2D eigenvalue weighted by Crippen LogP contribution is 2.29. The van der Waals surface area contributed by atoms with Crippen LogP contribution in [0.25, 0.3) is 0 Å². The minimum atomic E-state index is -3.86. The van der Waals surface area contributed by atoms with Crippen LogP contribution in [0.1, 0.15) is 22.2 Å². The van der Waals surface area contributed by atoms with Crippen molar-refractivity contribution in [2.24, 2.45) is 0 Å². The number of ketones is 1. The molecule has 0 unspecified atom stereocenters. The normalized spacial score (nSPS) is 11.2. The van der Waals surface area contributed by atoms with Crippen molar-refractivity contribution in [3.63, 3.8) is 0 Å². The molecule has 3 aromatic rings. The molecule has 2 aromatic carbocycles. The van der Waals surface area contributed by atoms with Crippen molar-refractivity contribution >= 4 is 32.8 Å². The van der Waals surface area contributed by atoms with Gasteiger partial charge in [-0.2, -0.15) is 0 Å². The second-order valence-electron chi connectivity index (χ2n) is 5.87. The Hall–Kier alpha value is -2.64. The highest BCUT2D eigenvalue weighted by Gasteiger charge is 2.26. The van der Waals surface area contributed by atoms with Crippen molar-refractivity contribution in [2.75, 3.05) is 11.4 Å². The third kappa shape index (κ3) is 4.20. The van der Waals surface area contributed by atoms with Gasteiger partial charge in [0.1, 0.15) is 5.75 Å². The Balaban J connectivity index is 2.07. The molecule has 0 aliphatic rings. The average molecular weight is 402 g/mol. The van der Waals surface area contributed by atoms with Gasteiger partial charge in [0, 0.05) is 10.4 Å². The second kappa shape index (κ2) is 7.94. The highest BCUT2D eigenvalue weighted by molar-refractivity contribution is 7.92. The zero-order valence-electron chi connectivity index (χ0n) is 15.0. The van der Waals surface area contributed by atoms with E-state index in [2.05, 4.69) is 0 Å². The molecule has 5 nitrogen and oxygen atoms in total. The van der Waals surface area contributed by atoms with Crippen LogP contribution in [0, 0.1) is 0 Å². The van der Waals surface area contributed by atoms with Crippen molar-refractivity contribution < 1.29 is 17.9 Å². The Labute approximate surface area is 162 Å². The molecular weight excluding hydrogens is 382 g/mol. The van der Waals surface area contributed by atoms with Gasteiger partial charge in [0.05, 0.1) is 24.2 Å². The van der Waals surface area contributed by atoms with E-state index < -0.39 is 10.0 Å². The topological polar surface area (TPSA) is 63.7 Å². The van der Waals surface area contributed by atoms with E-state index in [-0.39, 0.29) is 17.2 Å². The lowest BCUT2D eigenvalue weighted by molar-refractivity contribution is 0.101. The molecular formula is C20H19NO4S2. The monoisotopic (exact) mass is 401 g/mol. The Morgan fingerprint density at radius 2 is 1.81 bits per heavy atom. The smallest absolute Gasteiger partial charge is 0.264 e. The van der Waals surface area contributed by atoms with E-state index in [1.807, 2.05) is 17.5 Å². The van der Waals surface area contributed by atoms with E-state index in [1.165, 1.54) is 34.7 Å². The molecule has 0 bridgehead atoms. The van der Waals surface area contributed by atoms with Crippen LogP contribution >= 0.6 is 11.3 Å². The van der Waals surface area contributed by atoms with E-state index in [0.29, 0.717) is 17.0 Å². The number of ether oxygens (including phenoxy) is 1. The number of anilines is 1. The summed E-state index contributed by atoms with van der Waals surface area (Å²) in [5, 5.41) is 1.91. The predicted molar refractivity (Wildman–Crippen MR) is 107 cm³/mol. The molecule has 0 N–H and O–H groups in total. The van der Waals surface area contributed by atoms with Crippen molar-refractivity contribution in [3.05, 3.63) is 76.5 Å². The molecule has 27 heavy (non-hydrogen) atoms. The van der Waals surface area contributed by atoms with Gasteiger partial charge in [-0.25, -0.2) is 8.42 Å². The maximum atomic E-state index is 13.4. The molecule has 0 radical (unpaired) electrons. The van der Waals surface area contributed by atoms with Gasteiger partial charge in [0.15, 0.2) is 5.78 Å².